The van der Waals surface area contributed by atoms with Gasteiger partial charge in [0.2, 0.25) is 0 Å². The SMILES string of the molecule is O=C(O)c1ccc(/C=C2/SC(=S)N(c3ccccc3C(F)(F)F)C2=O)cc1. The van der Waals surface area contributed by atoms with Crippen molar-refractivity contribution in [3.63, 3.8) is 0 Å². The molecule has 0 unspecified atom stereocenters. The predicted octanol–water partition coefficient (Wildman–Crippen LogP) is 4.81. The van der Waals surface area contributed by atoms with Gasteiger partial charge in [-0.3, -0.25) is 9.69 Å². The summed E-state index contributed by atoms with van der Waals surface area (Å²) >= 11 is 6.00. The van der Waals surface area contributed by atoms with Crippen LogP contribution in [0.5, 0.6) is 0 Å². The topological polar surface area (TPSA) is 57.6 Å². The molecule has 1 amide bonds. The van der Waals surface area contributed by atoms with Gasteiger partial charge >= 0.3 is 12.1 Å². The van der Waals surface area contributed by atoms with Crippen molar-refractivity contribution in [1.82, 2.24) is 0 Å². The monoisotopic (exact) mass is 409 g/mol. The van der Waals surface area contributed by atoms with Gasteiger partial charge in [-0.1, -0.05) is 48.2 Å². The molecular formula is C18H10F3NO3S2. The molecule has 9 heteroatoms. The van der Waals surface area contributed by atoms with Crippen LogP contribution in [-0.2, 0) is 11.0 Å². The van der Waals surface area contributed by atoms with Gasteiger partial charge in [-0.25, -0.2) is 4.79 Å². The number of hydrogen-bond donors (Lipinski definition) is 1. The zero-order valence-electron chi connectivity index (χ0n) is 13.4. The summed E-state index contributed by atoms with van der Waals surface area (Å²) in [7, 11) is 0. The summed E-state index contributed by atoms with van der Waals surface area (Å²) in [5, 5.41) is 8.90. The fraction of sp³-hybridized carbons (Fsp3) is 0.0556. The number of halogens is 3. The Morgan fingerprint density at radius 3 is 2.33 bits per heavy atom. The smallest absolute Gasteiger partial charge is 0.418 e. The number of para-hydroxylation sites is 1. The summed E-state index contributed by atoms with van der Waals surface area (Å²) in [6.07, 6.45) is -3.17. The first kappa shape index (κ1) is 19.1. The lowest BCUT2D eigenvalue weighted by Crippen LogP contribution is -2.29. The molecule has 0 radical (unpaired) electrons. The number of alkyl halides is 3. The zero-order chi connectivity index (χ0) is 19.8. The second-order valence-electron chi connectivity index (χ2n) is 5.46. The van der Waals surface area contributed by atoms with Crippen molar-refractivity contribution in [2.24, 2.45) is 0 Å². The molecule has 3 rings (SSSR count). The van der Waals surface area contributed by atoms with Crippen LogP contribution in [0.2, 0.25) is 0 Å². The summed E-state index contributed by atoms with van der Waals surface area (Å²) in [5.41, 5.74) is -0.658. The quantitative estimate of drug-likeness (QED) is 0.583. The van der Waals surface area contributed by atoms with E-state index in [0.29, 0.717) is 5.56 Å². The lowest BCUT2D eigenvalue weighted by molar-refractivity contribution is -0.137. The number of carbonyl (C=O) groups excluding carboxylic acids is 1. The van der Waals surface area contributed by atoms with Gasteiger partial charge in [-0.05, 0) is 35.9 Å². The number of rotatable bonds is 3. The van der Waals surface area contributed by atoms with E-state index in [1.807, 2.05) is 0 Å². The molecule has 138 valence electrons. The summed E-state index contributed by atoms with van der Waals surface area (Å²) in [4.78, 5) is 24.6. The number of aromatic carboxylic acids is 1. The number of thiocarbonyl (C=S) groups is 1. The Labute approximate surface area is 161 Å². The van der Waals surface area contributed by atoms with Crippen LogP contribution in [-0.4, -0.2) is 21.3 Å². The average molecular weight is 409 g/mol. The number of thioether (sulfide) groups is 1. The number of anilines is 1. The third kappa shape index (κ3) is 3.88. The summed E-state index contributed by atoms with van der Waals surface area (Å²) in [6.45, 7) is 0. The molecule has 2 aromatic carbocycles. The molecule has 0 saturated carbocycles. The molecule has 27 heavy (non-hydrogen) atoms. The third-order valence-corrected chi connectivity index (χ3v) is 5.00. The van der Waals surface area contributed by atoms with Gasteiger partial charge in [0.15, 0.2) is 4.32 Å². The van der Waals surface area contributed by atoms with Crippen LogP contribution in [0, 0.1) is 0 Å². The van der Waals surface area contributed by atoms with Crippen LogP contribution in [0.1, 0.15) is 21.5 Å². The lowest BCUT2D eigenvalue weighted by Gasteiger charge is -2.20. The van der Waals surface area contributed by atoms with Crippen molar-refractivity contribution in [1.29, 1.82) is 0 Å². The molecule has 0 atom stereocenters. The van der Waals surface area contributed by atoms with E-state index in [4.69, 9.17) is 17.3 Å². The highest BCUT2D eigenvalue weighted by molar-refractivity contribution is 8.27. The highest BCUT2D eigenvalue weighted by atomic mass is 32.2. The number of carbonyl (C=O) groups is 2. The first-order chi connectivity index (χ1) is 12.7. The lowest BCUT2D eigenvalue weighted by atomic mass is 10.1. The first-order valence-electron chi connectivity index (χ1n) is 7.46. The minimum Gasteiger partial charge on any atom is -0.478 e. The third-order valence-electron chi connectivity index (χ3n) is 3.70. The Morgan fingerprint density at radius 2 is 1.74 bits per heavy atom. The molecule has 0 spiro atoms. The Morgan fingerprint density at radius 1 is 1.11 bits per heavy atom. The average Bonchev–Trinajstić information content (AvgIpc) is 2.88. The Hall–Kier alpha value is -2.65. The van der Waals surface area contributed by atoms with Crippen molar-refractivity contribution in [2.75, 3.05) is 4.90 Å². The van der Waals surface area contributed by atoms with Crippen LogP contribution >= 0.6 is 24.0 Å². The van der Waals surface area contributed by atoms with Gasteiger partial charge in [0.25, 0.3) is 5.91 Å². The molecule has 1 aliphatic heterocycles. The summed E-state index contributed by atoms with van der Waals surface area (Å²) < 4.78 is 39.7. The minimum atomic E-state index is -4.63. The van der Waals surface area contributed by atoms with Crippen LogP contribution < -0.4 is 4.90 Å². The Balaban J connectivity index is 1.96. The van der Waals surface area contributed by atoms with E-state index in [-0.39, 0.29) is 20.5 Å². The first-order valence-corrected chi connectivity index (χ1v) is 8.68. The maximum absolute atomic E-state index is 13.3. The molecule has 1 aliphatic rings. The molecule has 0 bridgehead atoms. The van der Waals surface area contributed by atoms with E-state index in [0.717, 1.165) is 22.7 Å². The van der Waals surface area contributed by atoms with E-state index in [9.17, 15) is 22.8 Å². The molecule has 1 N–H and O–H groups in total. The largest absolute Gasteiger partial charge is 0.478 e. The van der Waals surface area contributed by atoms with E-state index in [1.54, 1.807) is 0 Å². The molecule has 2 aromatic rings. The predicted molar refractivity (Wildman–Crippen MR) is 100 cm³/mol. The van der Waals surface area contributed by atoms with Crippen molar-refractivity contribution < 1.29 is 27.9 Å². The van der Waals surface area contributed by atoms with Gasteiger partial charge in [0.1, 0.15) is 0 Å². The number of carboxylic acid groups (broad SMARTS) is 1. The highest BCUT2D eigenvalue weighted by Gasteiger charge is 2.40. The van der Waals surface area contributed by atoms with Gasteiger partial charge < -0.3 is 5.11 Å². The fourth-order valence-corrected chi connectivity index (χ4v) is 3.74. The number of hydrogen-bond acceptors (Lipinski definition) is 4. The molecule has 1 saturated heterocycles. The van der Waals surface area contributed by atoms with Crippen LogP contribution in [0.3, 0.4) is 0 Å². The molecule has 0 aliphatic carbocycles. The van der Waals surface area contributed by atoms with E-state index >= 15 is 0 Å². The van der Waals surface area contributed by atoms with Crippen LogP contribution in [0.4, 0.5) is 18.9 Å². The highest BCUT2D eigenvalue weighted by Crippen LogP contribution is 2.42. The van der Waals surface area contributed by atoms with Crippen molar-refractivity contribution in [3.05, 3.63) is 70.1 Å². The maximum Gasteiger partial charge on any atom is 0.418 e. The Bertz CT molecular complexity index is 969. The summed E-state index contributed by atoms with van der Waals surface area (Å²) in [5.74, 6) is -1.75. The standard InChI is InChI=1S/C18H10F3NO3S2/c19-18(20,21)12-3-1-2-4-13(12)22-15(23)14(27-17(22)26)9-10-5-7-11(8-6-10)16(24)25/h1-9H,(H,24,25)/b14-9+. The van der Waals surface area contributed by atoms with Gasteiger partial charge in [-0.2, -0.15) is 13.2 Å². The summed E-state index contributed by atoms with van der Waals surface area (Å²) in [6, 6.07) is 10.5. The maximum atomic E-state index is 13.3. The van der Waals surface area contributed by atoms with Crippen molar-refractivity contribution >= 4 is 51.9 Å². The number of benzene rings is 2. The molecule has 1 fully saturated rings. The Kier molecular flexibility index (Phi) is 5.07. The van der Waals surface area contributed by atoms with Gasteiger partial charge in [0.05, 0.1) is 21.7 Å². The van der Waals surface area contributed by atoms with E-state index < -0.39 is 23.6 Å². The molecule has 4 nitrogen and oxygen atoms in total. The number of carboxylic acids is 1. The number of amides is 1. The normalized spacial score (nSPS) is 16.3. The number of nitrogens with zero attached hydrogens (tertiary/aromatic N) is 1. The van der Waals surface area contributed by atoms with Gasteiger partial charge in [-0.15, -0.1) is 0 Å². The van der Waals surface area contributed by atoms with Gasteiger partial charge in [0, 0.05) is 0 Å². The van der Waals surface area contributed by atoms with Crippen LogP contribution in [0.25, 0.3) is 6.08 Å². The second kappa shape index (κ2) is 7.16. The molecule has 1 heterocycles. The van der Waals surface area contributed by atoms with E-state index in [1.165, 1.54) is 48.5 Å². The fourth-order valence-electron chi connectivity index (χ4n) is 2.46. The van der Waals surface area contributed by atoms with Crippen molar-refractivity contribution in [3.8, 4) is 0 Å². The minimum absolute atomic E-state index is 0.00916. The zero-order valence-corrected chi connectivity index (χ0v) is 15.0. The second-order valence-corrected chi connectivity index (χ2v) is 7.13. The molecular weight excluding hydrogens is 399 g/mol. The van der Waals surface area contributed by atoms with E-state index in [2.05, 4.69) is 0 Å². The van der Waals surface area contributed by atoms with Crippen LogP contribution in [0.15, 0.2) is 53.4 Å². The van der Waals surface area contributed by atoms with Crippen molar-refractivity contribution in [2.45, 2.75) is 6.18 Å². The molecule has 0 aromatic heterocycles.